The second kappa shape index (κ2) is 7.45. The van der Waals surface area contributed by atoms with Gasteiger partial charge in [-0.2, -0.15) is 0 Å². The fraction of sp³-hybridized carbons (Fsp3) is 0.769. The number of amides is 1. The van der Waals surface area contributed by atoms with Gasteiger partial charge in [-0.3, -0.25) is 9.69 Å². The van der Waals surface area contributed by atoms with Gasteiger partial charge in [-0.25, -0.2) is 0 Å². The van der Waals surface area contributed by atoms with E-state index < -0.39 is 0 Å². The van der Waals surface area contributed by atoms with Crippen molar-refractivity contribution in [1.82, 2.24) is 9.80 Å². The van der Waals surface area contributed by atoms with Crippen LogP contribution in [0, 0.1) is 0 Å². The maximum atomic E-state index is 12.2. The molecule has 0 aromatic heterocycles. The minimum absolute atomic E-state index is 0.107. The predicted octanol–water partition coefficient (Wildman–Crippen LogP) is 1.22. The SMILES string of the molecule is CCN(CCO)CC(=O)N(CC)C1=CCCC1. The largest absolute Gasteiger partial charge is 0.395 e. The van der Waals surface area contributed by atoms with Crippen LogP contribution in [-0.2, 0) is 4.79 Å². The Morgan fingerprint density at radius 3 is 2.65 bits per heavy atom. The van der Waals surface area contributed by atoms with Crippen molar-refractivity contribution in [2.24, 2.45) is 0 Å². The summed E-state index contributed by atoms with van der Waals surface area (Å²) in [7, 11) is 0. The van der Waals surface area contributed by atoms with Crippen molar-refractivity contribution in [2.45, 2.75) is 33.1 Å². The summed E-state index contributed by atoms with van der Waals surface area (Å²) in [6.07, 6.45) is 5.44. The molecule has 1 aliphatic rings. The number of hydrogen-bond acceptors (Lipinski definition) is 3. The summed E-state index contributed by atoms with van der Waals surface area (Å²) in [6, 6.07) is 0. The van der Waals surface area contributed by atoms with Crippen LogP contribution in [-0.4, -0.2) is 53.6 Å². The summed E-state index contributed by atoms with van der Waals surface area (Å²) in [6.45, 7) is 6.63. The van der Waals surface area contributed by atoms with Crippen molar-refractivity contribution in [3.05, 3.63) is 11.8 Å². The number of carbonyl (C=O) groups excluding carboxylic acids is 1. The normalized spacial score (nSPS) is 15.2. The van der Waals surface area contributed by atoms with Gasteiger partial charge in [-0.1, -0.05) is 13.0 Å². The Labute approximate surface area is 104 Å². The number of likely N-dealkylation sites (N-methyl/N-ethyl adjacent to an activating group) is 2. The first kappa shape index (κ1) is 14.2. The highest BCUT2D eigenvalue weighted by atomic mass is 16.3. The topological polar surface area (TPSA) is 43.8 Å². The maximum Gasteiger partial charge on any atom is 0.240 e. The Morgan fingerprint density at radius 2 is 2.18 bits per heavy atom. The molecule has 4 nitrogen and oxygen atoms in total. The van der Waals surface area contributed by atoms with E-state index in [4.69, 9.17) is 5.11 Å². The Bertz CT molecular complexity index is 277. The van der Waals surface area contributed by atoms with E-state index in [9.17, 15) is 4.79 Å². The third-order valence-corrected chi connectivity index (χ3v) is 3.20. The van der Waals surface area contributed by atoms with Crippen LogP contribution in [0.15, 0.2) is 11.8 Å². The number of hydrogen-bond donors (Lipinski definition) is 1. The summed E-state index contributed by atoms with van der Waals surface area (Å²) in [5, 5.41) is 8.91. The molecule has 0 aromatic carbocycles. The first-order chi connectivity index (χ1) is 8.22. The number of rotatable bonds is 7. The third kappa shape index (κ3) is 4.13. The van der Waals surface area contributed by atoms with Crippen molar-refractivity contribution in [3.63, 3.8) is 0 Å². The van der Waals surface area contributed by atoms with E-state index in [1.165, 1.54) is 5.70 Å². The zero-order valence-electron chi connectivity index (χ0n) is 11.0. The molecule has 0 saturated carbocycles. The number of carbonyl (C=O) groups is 1. The molecule has 1 aliphatic carbocycles. The van der Waals surface area contributed by atoms with E-state index >= 15 is 0 Å². The minimum atomic E-state index is 0.107. The standard InChI is InChI=1S/C13H24N2O2/c1-3-14(9-10-16)11-13(17)15(4-2)12-7-5-6-8-12/h7,16H,3-6,8-11H2,1-2H3. The molecule has 0 aliphatic heterocycles. The van der Waals surface area contributed by atoms with E-state index in [1.54, 1.807) is 0 Å². The van der Waals surface area contributed by atoms with Crippen molar-refractivity contribution < 1.29 is 9.90 Å². The number of allylic oxidation sites excluding steroid dienone is 2. The van der Waals surface area contributed by atoms with Crippen LogP contribution in [0.2, 0.25) is 0 Å². The van der Waals surface area contributed by atoms with Crippen LogP contribution in [0.25, 0.3) is 0 Å². The molecular weight excluding hydrogens is 216 g/mol. The van der Waals surface area contributed by atoms with Gasteiger partial charge in [0.2, 0.25) is 5.91 Å². The van der Waals surface area contributed by atoms with Crippen molar-refractivity contribution in [2.75, 3.05) is 32.8 Å². The molecule has 0 spiro atoms. The number of aliphatic hydroxyl groups excluding tert-OH is 1. The van der Waals surface area contributed by atoms with Gasteiger partial charge < -0.3 is 10.0 Å². The third-order valence-electron chi connectivity index (χ3n) is 3.20. The molecule has 1 rings (SSSR count). The van der Waals surface area contributed by atoms with Crippen LogP contribution in [0.4, 0.5) is 0 Å². The highest BCUT2D eigenvalue weighted by Gasteiger charge is 2.20. The minimum Gasteiger partial charge on any atom is -0.395 e. The van der Waals surface area contributed by atoms with Gasteiger partial charge in [0.15, 0.2) is 0 Å². The molecule has 1 amide bonds. The summed E-state index contributed by atoms with van der Waals surface area (Å²) in [5.41, 5.74) is 1.18. The van der Waals surface area contributed by atoms with Gasteiger partial charge in [0.05, 0.1) is 13.2 Å². The molecule has 0 atom stereocenters. The molecule has 0 aromatic rings. The van der Waals surface area contributed by atoms with Gasteiger partial charge in [-0.15, -0.1) is 0 Å². The average molecular weight is 240 g/mol. The molecule has 0 radical (unpaired) electrons. The first-order valence-electron chi connectivity index (χ1n) is 6.55. The fourth-order valence-corrected chi connectivity index (χ4v) is 2.21. The van der Waals surface area contributed by atoms with Crippen LogP contribution in [0.1, 0.15) is 33.1 Å². The van der Waals surface area contributed by atoms with E-state index in [2.05, 4.69) is 6.08 Å². The Hall–Kier alpha value is -0.870. The molecule has 0 unspecified atom stereocenters. The molecule has 1 N–H and O–H groups in total. The molecule has 0 heterocycles. The van der Waals surface area contributed by atoms with Gasteiger partial charge >= 0.3 is 0 Å². The molecule has 4 heteroatoms. The summed E-state index contributed by atoms with van der Waals surface area (Å²) >= 11 is 0. The Morgan fingerprint density at radius 1 is 1.41 bits per heavy atom. The van der Waals surface area contributed by atoms with E-state index in [0.717, 1.165) is 32.4 Å². The van der Waals surface area contributed by atoms with Gasteiger partial charge in [0.25, 0.3) is 0 Å². The first-order valence-corrected chi connectivity index (χ1v) is 6.55. The monoisotopic (exact) mass is 240 g/mol. The summed E-state index contributed by atoms with van der Waals surface area (Å²) < 4.78 is 0. The van der Waals surface area contributed by atoms with Gasteiger partial charge in [-0.05, 0) is 32.7 Å². The van der Waals surface area contributed by atoms with Crippen LogP contribution < -0.4 is 0 Å². The Balaban J connectivity index is 2.53. The smallest absolute Gasteiger partial charge is 0.240 e. The highest BCUT2D eigenvalue weighted by Crippen LogP contribution is 2.21. The van der Waals surface area contributed by atoms with Crippen molar-refractivity contribution in [3.8, 4) is 0 Å². The van der Waals surface area contributed by atoms with Crippen LogP contribution in [0.3, 0.4) is 0 Å². The van der Waals surface area contributed by atoms with Crippen LogP contribution >= 0.6 is 0 Å². The molecule has 0 fully saturated rings. The van der Waals surface area contributed by atoms with Gasteiger partial charge in [0.1, 0.15) is 0 Å². The quantitative estimate of drug-likeness (QED) is 0.727. The summed E-state index contributed by atoms with van der Waals surface area (Å²) in [4.78, 5) is 16.0. The maximum absolute atomic E-state index is 12.2. The van der Waals surface area contributed by atoms with E-state index in [-0.39, 0.29) is 12.5 Å². The lowest BCUT2D eigenvalue weighted by atomic mass is 10.3. The van der Waals surface area contributed by atoms with E-state index in [1.807, 2.05) is 23.6 Å². The van der Waals surface area contributed by atoms with Crippen molar-refractivity contribution in [1.29, 1.82) is 0 Å². The molecule has 17 heavy (non-hydrogen) atoms. The lowest BCUT2D eigenvalue weighted by molar-refractivity contribution is -0.130. The molecule has 0 bridgehead atoms. The van der Waals surface area contributed by atoms with Gasteiger partial charge in [0, 0.05) is 18.8 Å². The highest BCUT2D eigenvalue weighted by molar-refractivity contribution is 5.80. The lowest BCUT2D eigenvalue weighted by Gasteiger charge is -2.26. The summed E-state index contributed by atoms with van der Waals surface area (Å²) in [5.74, 6) is 0.149. The Kier molecular flexibility index (Phi) is 6.22. The molecule has 98 valence electrons. The van der Waals surface area contributed by atoms with E-state index in [0.29, 0.717) is 13.1 Å². The van der Waals surface area contributed by atoms with Crippen LogP contribution in [0.5, 0.6) is 0 Å². The molecular formula is C13H24N2O2. The second-order valence-corrected chi connectivity index (χ2v) is 4.32. The molecule has 0 saturated heterocycles. The zero-order valence-corrected chi connectivity index (χ0v) is 11.0. The lowest BCUT2D eigenvalue weighted by Crippen LogP contribution is -2.40. The number of aliphatic hydroxyl groups is 1. The van der Waals surface area contributed by atoms with Crippen molar-refractivity contribution >= 4 is 5.91 Å². The number of nitrogens with zero attached hydrogens (tertiary/aromatic N) is 2. The predicted molar refractivity (Wildman–Crippen MR) is 68.5 cm³/mol. The fourth-order valence-electron chi connectivity index (χ4n) is 2.21. The zero-order chi connectivity index (χ0) is 12.7. The average Bonchev–Trinajstić information content (AvgIpc) is 2.83. The second-order valence-electron chi connectivity index (χ2n) is 4.32.